The lowest BCUT2D eigenvalue weighted by atomic mass is 9.31. The van der Waals surface area contributed by atoms with Crippen LogP contribution in [0, 0.1) is 38.9 Å². The van der Waals surface area contributed by atoms with Crippen LogP contribution in [0.1, 0.15) is 127 Å². The Balaban J connectivity index is 1.05. The lowest BCUT2D eigenvalue weighted by molar-refractivity contribution is -0.382. The number of hydrogen-bond donors (Lipinski definition) is 14. The molecule has 4 aliphatic heterocycles. The molecule has 0 amide bonds. The average Bonchev–Trinajstić information content (AvgIpc) is 2.18. The van der Waals surface area contributed by atoms with Gasteiger partial charge in [0.1, 0.15) is 104 Å². The molecule has 462 valence electrons. The van der Waals surface area contributed by atoms with E-state index in [4.69, 9.17) is 42.6 Å². The van der Waals surface area contributed by atoms with Gasteiger partial charge in [-0.25, -0.2) is 0 Å². The van der Waals surface area contributed by atoms with Gasteiger partial charge in [0.25, 0.3) is 0 Å². The molecule has 4 saturated heterocycles. The Morgan fingerprint density at radius 3 is 1.73 bits per heavy atom. The first kappa shape index (κ1) is 64.3. The van der Waals surface area contributed by atoms with Gasteiger partial charge in [-0.2, -0.15) is 0 Å². The molecule has 29 atom stereocenters. The summed E-state index contributed by atoms with van der Waals surface area (Å²) in [6, 6.07) is 0. The van der Waals surface area contributed by atoms with Crippen molar-refractivity contribution in [2.45, 2.75) is 267 Å². The highest BCUT2D eigenvalue weighted by atomic mass is 16.8. The number of esters is 1. The Labute approximate surface area is 467 Å². The van der Waals surface area contributed by atoms with Gasteiger partial charge in [0.05, 0.1) is 37.6 Å². The first-order chi connectivity index (χ1) is 37.4. The fraction of sp³-hybridized carbons (Fsp3) is 0.946. The minimum absolute atomic E-state index is 0.0214. The molecule has 8 fully saturated rings. The van der Waals surface area contributed by atoms with Gasteiger partial charge >= 0.3 is 5.97 Å². The first-order valence-corrected chi connectivity index (χ1v) is 28.8. The molecule has 14 N–H and O–H groups in total. The van der Waals surface area contributed by atoms with Crippen molar-refractivity contribution >= 4 is 5.97 Å². The summed E-state index contributed by atoms with van der Waals surface area (Å²) in [6.07, 6.45) is -25.9. The fourth-order valence-electron chi connectivity index (χ4n) is 17.0. The van der Waals surface area contributed by atoms with Crippen molar-refractivity contribution in [1.29, 1.82) is 0 Å². The minimum atomic E-state index is -1.86. The molecule has 4 aliphatic carbocycles. The van der Waals surface area contributed by atoms with Crippen LogP contribution in [-0.4, -0.2) is 245 Å². The molecule has 0 radical (unpaired) electrons. The van der Waals surface area contributed by atoms with Crippen molar-refractivity contribution in [2.75, 3.05) is 26.4 Å². The summed E-state index contributed by atoms with van der Waals surface area (Å²) in [5.74, 6) is -0.761. The fourth-order valence-corrected chi connectivity index (χ4v) is 17.0. The second-order valence-corrected chi connectivity index (χ2v) is 26.3. The average molecular weight is 1150 g/mol. The smallest absolute Gasteiger partial charge is 0.302 e. The number of aliphatic hydroxyl groups excluding tert-OH is 14. The number of aliphatic hydroxyl groups is 14. The van der Waals surface area contributed by atoms with E-state index in [1.54, 1.807) is 0 Å². The Morgan fingerprint density at radius 2 is 1.12 bits per heavy atom. The molecular formula is C56H94O24. The van der Waals surface area contributed by atoms with E-state index in [-0.39, 0.29) is 11.8 Å². The summed E-state index contributed by atoms with van der Waals surface area (Å²) in [5, 5.41) is 154. The molecule has 0 aromatic carbocycles. The van der Waals surface area contributed by atoms with Gasteiger partial charge in [-0.15, -0.1) is 0 Å². The maximum Gasteiger partial charge on any atom is 0.302 e. The minimum Gasteiger partial charge on any atom is -0.463 e. The predicted octanol–water partition coefficient (Wildman–Crippen LogP) is -1.49. The van der Waals surface area contributed by atoms with Gasteiger partial charge in [-0.1, -0.05) is 52.7 Å². The topological polar surface area (TPSA) is 383 Å². The third kappa shape index (κ3) is 10.9. The molecule has 8 rings (SSSR count). The molecule has 4 heterocycles. The van der Waals surface area contributed by atoms with Crippen LogP contribution in [0.15, 0.2) is 11.6 Å². The summed E-state index contributed by atoms with van der Waals surface area (Å²) < 4.78 is 54.7. The number of fused-ring (bicyclic) bond motifs is 5. The van der Waals surface area contributed by atoms with Crippen LogP contribution in [0.25, 0.3) is 0 Å². The second kappa shape index (κ2) is 24.2. The number of carbonyl (C=O) groups is 1. The quantitative estimate of drug-likeness (QED) is 0.0448. The highest BCUT2D eigenvalue weighted by Crippen LogP contribution is 2.80. The number of allylic oxidation sites excluding steroid dienone is 2. The number of rotatable bonds is 17. The Bertz CT molecular complexity index is 2130. The van der Waals surface area contributed by atoms with E-state index in [0.717, 1.165) is 38.2 Å². The van der Waals surface area contributed by atoms with Crippen molar-refractivity contribution in [3.8, 4) is 0 Å². The van der Waals surface area contributed by atoms with E-state index in [1.165, 1.54) is 0 Å². The number of ether oxygens (including phenoxy) is 9. The van der Waals surface area contributed by atoms with E-state index in [0.29, 0.717) is 38.5 Å². The standard InChI is InChI=1S/C56H94O24/c1-25(2)12-10-16-55(9,80-49-45(71)41(67)38(64)30(77-49)24-73-47-43(69)39(65)35(61)27(21-57)74-47)56-17-11-15-54(56,8)53(7)19-13-31-51(4,5)34(14-18-52(31,6)32(53)20-33(56)60)78-50-46(42(68)36(62)28(22-58)75-50)79-48-44(70)40(66)37(63)29(76-48)23-72-26(3)59/h12,27-50,57-58,60-71H,10-11,13-24H2,1-9H3. The molecule has 0 aromatic heterocycles. The number of carbonyl (C=O) groups excluding carboxylic acids is 1. The monoisotopic (exact) mass is 1150 g/mol. The van der Waals surface area contributed by atoms with Crippen LogP contribution < -0.4 is 0 Å². The molecule has 80 heavy (non-hydrogen) atoms. The molecule has 29 unspecified atom stereocenters. The van der Waals surface area contributed by atoms with Crippen LogP contribution in [0.5, 0.6) is 0 Å². The molecule has 0 aromatic rings. The van der Waals surface area contributed by atoms with Gasteiger partial charge in [0, 0.05) is 12.3 Å². The first-order valence-electron chi connectivity index (χ1n) is 28.8. The molecule has 24 nitrogen and oxygen atoms in total. The van der Waals surface area contributed by atoms with Crippen LogP contribution in [0.3, 0.4) is 0 Å². The van der Waals surface area contributed by atoms with Crippen molar-refractivity contribution in [3.63, 3.8) is 0 Å². The predicted molar refractivity (Wildman–Crippen MR) is 276 cm³/mol. The SMILES string of the molecule is CC(=O)OCC1OC(OC2C(OC3CCC4(C)C(CCC5(C)C4CC(O)C4(C(C)(CCC=C(C)C)OC6OC(COC7OC(CO)C(O)C(O)C7O)C(O)C(O)C6O)CCCC54C)C3(C)C)OC(CO)C(O)C2O)C(O)C(O)C1O. The molecule has 24 heteroatoms. The van der Waals surface area contributed by atoms with E-state index in [2.05, 4.69) is 40.7 Å². The maximum absolute atomic E-state index is 13.3. The second-order valence-electron chi connectivity index (χ2n) is 26.3. The van der Waals surface area contributed by atoms with Crippen LogP contribution in [-0.2, 0) is 47.4 Å². The normalized spacial score (nSPS) is 51.0. The van der Waals surface area contributed by atoms with E-state index < -0.39 is 200 Å². The molecule has 0 bridgehead atoms. The number of hydrogen-bond acceptors (Lipinski definition) is 24. The summed E-state index contributed by atoms with van der Waals surface area (Å²) in [7, 11) is 0. The zero-order chi connectivity index (χ0) is 59.0. The molecule has 4 saturated carbocycles. The highest BCUT2D eigenvalue weighted by Gasteiger charge is 2.78. The van der Waals surface area contributed by atoms with Gasteiger partial charge in [-0.05, 0) is 112 Å². The van der Waals surface area contributed by atoms with Crippen molar-refractivity contribution < 1.29 is 119 Å². The lowest BCUT2D eigenvalue weighted by Crippen LogP contribution is -2.74. The third-order valence-electron chi connectivity index (χ3n) is 21.5. The van der Waals surface area contributed by atoms with Crippen LogP contribution in [0.4, 0.5) is 0 Å². The lowest BCUT2D eigenvalue weighted by Gasteiger charge is -2.74. The molecule has 8 aliphatic rings. The van der Waals surface area contributed by atoms with E-state index >= 15 is 0 Å². The Hall–Kier alpha value is -1.67. The third-order valence-corrected chi connectivity index (χ3v) is 21.5. The summed E-state index contributed by atoms with van der Waals surface area (Å²) in [4.78, 5) is 11.6. The summed E-state index contributed by atoms with van der Waals surface area (Å²) in [5.41, 5.74) is -3.21. The Kier molecular flexibility index (Phi) is 19.5. The maximum atomic E-state index is 13.3. The molecule has 0 spiro atoms. The summed E-state index contributed by atoms with van der Waals surface area (Å²) >= 11 is 0. The van der Waals surface area contributed by atoms with Crippen molar-refractivity contribution in [2.24, 2.45) is 38.9 Å². The van der Waals surface area contributed by atoms with Gasteiger partial charge in [-0.3, -0.25) is 4.79 Å². The van der Waals surface area contributed by atoms with Gasteiger partial charge in [0.2, 0.25) is 0 Å². The van der Waals surface area contributed by atoms with Crippen molar-refractivity contribution in [3.05, 3.63) is 11.6 Å². The van der Waals surface area contributed by atoms with Gasteiger partial charge in [0.15, 0.2) is 25.2 Å². The largest absolute Gasteiger partial charge is 0.463 e. The molecular weight excluding hydrogens is 1060 g/mol. The van der Waals surface area contributed by atoms with Crippen molar-refractivity contribution in [1.82, 2.24) is 0 Å². The van der Waals surface area contributed by atoms with Crippen LogP contribution >= 0.6 is 0 Å². The van der Waals surface area contributed by atoms with Gasteiger partial charge < -0.3 is 114 Å². The van der Waals surface area contributed by atoms with E-state index in [1.807, 2.05) is 20.8 Å². The zero-order valence-corrected chi connectivity index (χ0v) is 47.7. The summed E-state index contributed by atoms with van der Waals surface area (Å²) in [6.45, 7) is 15.8. The zero-order valence-electron chi connectivity index (χ0n) is 47.7. The van der Waals surface area contributed by atoms with Crippen LogP contribution in [0.2, 0.25) is 0 Å². The van der Waals surface area contributed by atoms with E-state index in [9.17, 15) is 76.3 Å². The highest BCUT2D eigenvalue weighted by molar-refractivity contribution is 5.65. The Morgan fingerprint density at radius 1 is 0.588 bits per heavy atom.